The van der Waals surface area contributed by atoms with E-state index in [0.29, 0.717) is 0 Å². The van der Waals surface area contributed by atoms with Crippen molar-refractivity contribution >= 4 is 11.7 Å². The second kappa shape index (κ2) is 6.00. The van der Waals surface area contributed by atoms with Crippen LogP contribution < -0.4 is 4.74 Å². The van der Waals surface area contributed by atoms with Gasteiger partial charge in [-0.15, -0.1) is 0 Å². The number of carboxylic acids is 1. The number of carbonyl (C=O) groups is 1. The molecule has 2 rings (SSSR count). The Morgan fingerprint density at radius 2 is 2.00 bits per heavy atom. The zero-order valence-corrected chi connectivity index (χ0v) is 10.7. The third kappa shape index (κ3) is 3.33. The van der Waals surface area contributed by atoms with Crippen molar-refractivity contribution in [1.82, 2.24) is 0 Å². The zero-order valence-electron chi connectivity index (χ0n) is 10.7. The largest absolute Gasteiger partial charge is 0.488 e. The van der Waals surface area contributed by atoms with E-state index in [1.807, 2.05) is 0 Å². The van der Waals surface area contributed by atoms with E-state index in [0.717, 1.165) is 18.2 Å². The number of benzene rings is 2. The van der Waals surface area contributed by atoms with Crippen molar-refractivity contribution in [2.24, 2.45) is 0 Å². The number of carboxylic acid groups (broad SMARTS) is 1. The number of aromatic carboxylic acids is 1. The molecule has 108 valence electrons. The molecule has 0 aliphatic rings. The first-order valence-corrected chi connectivity index (χ1v) is 5.87. The summed E-state index contributed by atoms with van der Waals surface area (Å²) in [4.78, 5) is 21.1. The number of nitro benzene ring substituents is 1. The summed E-state index contributed by atoms with van der Waals surface area (Å²) in [7, 11) is 0. The maximum atomic E-state index is 13.5. The van der Waals surface area contributed by atoms with Crippen LogP contribution in [0.25, 0.3) is 0 Å². The molecule has 0 saturated carbocycles. The molecule has 2 aromatic rings. The van der Waals surface area contributed by atoms with Gasteiger partial charge < -0.3 is 9.84 Å². The van der Waals surface area contributed by atoms with Gasteiger partial charge in [-0.05, 0) is 12.1 Å². The lowest BCUT2D eigenvalue weighted by molar-refractivity contribution is -0.384. The van der Waals surface area contributed by atoms with E-state index >= 15 is 0 Å². The number of rotatable bonds is 5. The normalized spacial score (nSPS) is 10.1. The maximum absolute atomic E-state index is 13.5. The van der Waals surface area contributed by atoms with Crippen molar-refractivity contribution in [3.05, 3.63) is 69.5 Å². The Balaban J connectivity index is 2.29. The topological polar surface area (TPSA) is 89.7 Å². The van der Waals surface area contributed by atoms with Crippen LogP contribution in [0.15, 0.2) is 42.5 Å². The van der Waals surface area contributed by atoms with Crippen molar-refractivity contribution < 1.29 is 24.0 Å². The van der Waals surface area contributed by atoms with E-state index < -0.39 is 16.7 Å². The average molecular weight is 291 g/mol. The van der Waals surface area contributed by atoms with Gasteiger partial charge in [0, 0.05) is 11.6 Å². The average Bonchev–Trinajstić information content (AvgIpc) is 2.46. The van der Waals surface area contributed by atoms with E-state index in [1.165, 1.54) is 18.2 Å². The van der Waals surface area contributed by atoms with Crippen LogP contribution in [0.4, 0.5) is 10.1 Å². The van der Waals surface area contributed by atoms with E-state index in [4.69, 9.17) is 9.84 Å². The van der Waals surface area contributed by atoms with E-state index in [-0.39, 0.29) is 29.2 Å². The number of non-ortho nitro benzene ring substituents is 1. The van der Waals surface area contributed by atoms with E-state index in [2.05, 4.69) is 0 Å². The van der Waals surface area contributed by atoms with Crippen LogP contribution in [0.1, 0.15) is 15.9 Å². The van der Waals surface area contributed by atoms with Gasteiger partial charge in [0.1, 0.15) is 23.7 Å². The minimum atomic E-state index is -1.28. The molecule has 7 heteroatoms. The highest BCUT2D eigenvalue weighted by Gasteiger charge is 2.17. The van der Waals surface area contributed by atoms with Gasteiger partial charge >= 0.3 is 5.97 Å². The molecule has 0 aromatic heterocycles. The molecule has 0 aliphatic carbocycles. The Hall–Kier alpha value is -2.96. The lowest BCUT2D eigenvalue weighted by Crippen LogP contribution is -2.05. The fourth-order valence-corrected chi connectivity index (χ4v) is 1.69. The van der Waals surface area contributed by atoms with Crippen molar-refractivity contribution in [3.8, 4) is 5.75 Å². The summed E-state index contributed by atoms with van der Waals surface area (Å²) < 4.78 is 18.7. The summed E-state index contributed by atoms with van der Waals surface area (Å²) in [6.45, 7) is -0.228. The van der Waals surface area contributed by atoms with Crippen LogP contribution in [0.2, 0.25) is 0 Å². The molecule has 2 aromatic carbocycles. The van der Waals surface area contributed by atoms with Crippen molar-refractivity contribution in [1.29, 1.82) is 0 Å². The van der Waals surface area contributed by atoms with Gasteiger partial charge in [0.15, 0.2) is 0 Å². The van der Waals surface area contributed by atoms with Crippen LogP contribution in [0, 0.1) is 15.9 Å². The lowest BCUT2D eigenvalue weighted by atomic mass is 10.2. The first kappa shape index (κ1) is 14.4. The zero-order chi connectivity index (χ0) is 15.4. The Morgan fingerprint density at radius 3 is 2.62 bits per heavy atom. The molecule has 0 bridgehead atoms. The van der Waals surface area contributed by atoms with Gasteiger partial charge in [-0.1, -0.05) is 18.2 Å². The molecule has 0 unspecified atom stereocenters. The van der Waals surface area contributed by atoms with Crippen LogP contribution in [-0.2, 0) is 6.61 Å². The molecule has 0 saturated heterocycles. The Bertz CT molecular complexity index is 702. The summed E-state index contributed by atoms with van der Waals surface area (Å²) in [6, 6.07) is 8.99. The molecule has 0 radical (unpaired) electrons. The SMILES string of the molecule is O=C(O)c1ccc([N+](=O)[O-])cc1OCc1ccccc1F. The highest BCUT2D eigenvalue weighted by atomic mass is 19.1. The maximum Gasteiger partial charge on any atom is 0.339 e. The number of halogens is 1. The third-order valence-electron chi connectivity index (χ3n) is 2.75. The molecule has 0 amide bonds. The first-order chi connectivity index (χ1) is 9.99. The van der Waals surface area contributed by atoms with Crippen LogP contribution in [-0.4, -0.2) is 16.0 Å². The third-order valence-corrected chi connectivity index (χ3v) is 2.75. The smallest absolute Gasteiger partial charge is 0.339 e. The molecule has 21 heavy (non-hydrogen) atoms. The van der Waals surface area contributed by atoms with Crippen LogP contribution >= 0.6 is 0 Å². The highest BCUT2D eigenvalue weighted by molar-refractivity contribution is 5.91. The van der Waals surface area contributed by atoms with E-state index in [9.17, 15) is 19.3 Å². The second-order valence-corrected chi connectivity index (χ2v) is 4.12. The van der Waals surface area contributed by atoms with Gasteiger partial charge in [-0.25, -0.2) is 9.18 Å². The number of hydrogen-bond acceptors (Lipinski definition) is 4. The molecule has 1 N–H and O–H groups in total. The Labute approximate surface area is 118 Å². The second-order valence-electron chi connectivity index (χ2n) is 4.12. The van der Waals surface area contributed by atoms with Gasteiger partial charge in [0.05, 0.1) is 11.0 Å². The Morgan fingerprint density at radius 1 is 1.29 bits per heavy atom. The number of hydrogen-bond donors (Lipinski definition) is 1. The molecular formula is C14H10FNO5. The van der Waals surface area contributed by atoms with Gasteiger partial charge in [0.2, 0.25) is 0 Å². The summed E-state index contributed by atoms with van der Waals surface area (Å²) in [5, 5.41) is 19.7. The summed E-state index contributed by atoms with van der Waals surface area (Å²) >= 11 is 0. The van der Waals surface area contributed by atoms with Crippen LogP contribution in [0.3, 0.4) is 0 Å². The van der Waals surface area contributed by atoms with Gasteiger partial charge in [-0.2, -0.15) is 0 Å². The van der Waals surface area contributed by atoms with E-state index in [1.54, 1.807) is 6.07 Å². The minimum Gasteiger partial charge on any atom is -0.488 e. The fourth-order valence-electron chi connectivity index (χ4n) is 1.69. The minimum absolute atomic E-state index is 0.181. The summed E-state index contributed by atoms with van der Waals surface area (Å²) in [5.41, 5.74) is -0.305. The molecule has 0 aliphatic heterocycles. The van der Waals surface area contributed by atoms with Crippen molar-refractivity contribution in [2.45, 2.75) is 6.61 Å². The number of nitrogens with zero attached hydrogens (tertiary/aromatic N) is 1. The fraction of sp³-hybridized carbons (Fsp3) is 0.0714. The molecule has 0 spiro atoms. The van der Waals surface area contributed by atoms with Gasteiger partial charge in [0.25, 0.3) is 5.69 Å². The molecular weight excluding hydrogens is 281 g/mol. The van der Waals surface area contributed by atoms with Crippen molar-refractivity contribution in [3.63, 3.8) is 0 Å². The summed E-state index contributed by atoms with van der Waals surface area (Å²) in [5.74, 6) is -1.96. The Kier molecular flexibility index (Phi) is 4.13. The molecule has 0 fully saturated rings. The predicted molar refractivity (Wildman–Crippen MR) is 70.8 cm³/mol. The predicted octanol–water partition coefficient (Wildman–Crippen LogP) is 3.01. The molecule has 0 heterocycles. The van der Waals surface area contributed by atoms with Crippen molar-refractivity contribution in [2.75, 3.05) is 0 Å². The highest BCUT2D eigenvalue weighted by Crippen LogP contribution is 2.26. The van der Waals surface area contributed by atoms with Crippen LogP contribution in [0.5, 0.6) is 5.75 Å². The first-order valence-electron chi connectivity index (χ1n) is 5.87. The summed E-state index contributed by atoms with van der Waals surface area (Å²) in [6.07, 6.45) is 0. The quantitative estimate of drug-likeness (QED) is 0.675. The van der Waals surface area contributed by atoms with Gasteiger partial charge in [-0.3, -0.25) is 10.1 Å². The molecule has 0 atom stereocenters. The lowest BCUT2D eigenvalue weighted by Gasteiger charge is -2.09. The standard InChI is InChI=1S/C14H10FNO5/c15-12-4-2-1-3-9(12)8-21-13-7-10(16(19)20)5-6-11(13)14(17)18/h1-7H,8H2,(H,17,18). The number of nitro groups is 1. The molecule has 6 nitrogen and oxygen atoms in total. The number of ether oxygens (including phenoxy) is 1. The monoisotopic (exact) mass is 291 g/mol.